The minimum atomic E-state index is -0.482. The first kappa shape index (κ1) is 19.5. The number of carbonyl (C=O) groups excluding carboxylic acids is 2. The van der Waals surface area contributed by atoms with Crippen LogP contribution < -0.4 is 10.6 Å². The second kappa shape index (κ2) is 9.62. The lowest BCUT2D eigenvalue weighted by Gasteiger charge is -2.19. The van der Waals surface area contributed by atoms with Gasteiger partial charge in [-0.1, -0.05) is 42.5 Å². The smallest absolute Gasteiger partial charge is 0.246 e. The molecule has 0 aliphatic rings. The standard InChI is InChI=1S/C22H24N4O2/c1-17(27)19-9-5-10-20(15-19)25-22(28)21(18-7-3-2-4-8-18)24-11-6-13-26-14-12-23-16-26/h2-5,7-10,12,14-16,21,24H,6,11,13H2,1H3,(H,25,28)/t21-/m0/s1. The van der Waals surface area contributed by atoms with Crippen LogP contribution in [0.2, 0.25) is 0 Å². The van der Waals surface area contributed by atoms with Crippen molar-refractivity contribution in [2.45, 2.75) is 25.9 Å². The van der Waals surface area contributed by atoms with Crippen LogP contribution in [0.3, 0.4) is 0 Å². The topological polar surface area (TPSA) is 76.0 Å². The third-order valence-corrected chi connectivity index (χ3v) is 4.43. The number of aromatic nitrogens is 2. The van der Waals surface area contributed by atoms with Gasteiger partial charge >= 0.3 is 0 Å². The molecular weight excluding hydrogens is 352 g/mol. The third-order valence-electron chi connectivity index (χ3n) is 4.43. The van der Waals surface area contributed by atoms with Crippen molar-refractivity contribution < 1.29 is 9.59 Å². The Bertz CT molecular complexity index is 907. The quantitative estimate of drug-likeness (QED) is 0.443. The Morgan fingerprint density at radius 1 is 1.11 bits per heavy atom. The summed E-state index contributed by atoms with van der Waals surface area (Å²) in [5, 5.41) is 6.26. The van der Waals surface area contributed by atoms with E-state index in [1.165, 1.54) is 6.92 Å². The molecule has 2 aromatic carbocycles. The van der Waals surface area contributed by atoms with Gasteiger partial charge in [-0.05, 0) is 37.6 Å². The maximum absolute atomic E-state index is 12.9. The summed E-state index contributed by atoms with van der Waals surface area (Å²) in [6.07, 6.45) is 6.32. The van der Waals surface area contributed by atoms with Gasteiger partial charge in [0, 0.05) is 30.2 Å². The van der Waals surface area contributed by atoms with E-state index in [0.29, 0.717) is 17.8 Å². The Hall–Kier alpha value is -3.25. The van der Waals surface area contributed by atoms with Gasteiger partial charge in [-0.15, -0.1) is 0 Å². The molecule has 0 unspecified atom stereocenters. The zero-order valence-electron chi connectivity index (χ0n) is 15.8. The van der Waals surface area contributed by atoms with Crippen molar-refractivity contribution in [2.24, 2.45) is 0 Å². The van der Waals surface area contributed by atoms with Gasteiger partial charge in [0.2, 0.25) is 5.91 Å². The molecule has 144 valence electrons. The van der Waals surface area contributed by atoms with Gasteiger partial charge in [0.05, 0.1) is 6.33 Å². The van der Waals surface area contributed by atoms with Crippen LogP contribution in [0.5, 0.6) is 0 Å². The van der Waals surface area contributed by atoms with Crippen LogP contribution in [0, 0.1) is 0 Å². The molecule has 0 fully saturated rings. The number of anilines is 1. The van der Waals surface area contributed by atoms with Crippen molar-refractivity contribution in [3.63, 3.8) is 0 Å². The maximum atomic E-state index is 12.9. The largest absolute Gasteiger partial charge is 0.337 e. The van der Waals surface area contributed by atoms with Crippen molar-refractivity contribution in [3.05, 3.63) is 84.4 Å². The highest BCUT2D eigenvalue weighted by Gasteiger charge is 2.20. The number of aryl methyl sites for hydroxylation is 1. The molecule has 0 saturated carbocycles. The summed E-state index contributed by atoms with van der Waals surface area (Å²) in [7, 11) is 0. The van der Waals surface area contributed by atoms with Crippen LogP contribution in [-0.2, 0) is 11.3 Å². The molecule has 1 amide bonds. The molecule has 0 bridgehead atoms. The molecular formula is C22H24N4O2. The monoisotopic (exact) mass is 376 g/mol. The fourth-order valence-electron chi connectivity index (χ4n) is 2.96. The zero-order chi connectivity index (χ0) is 19.8. The van der Waals surface area contributed by atoms with Crippen molar-refractivity contribution in [1.29, 1.82) is 0 Å². The van der Waals surface area contributed by atoms with E-state index in [-0.39, 0.29) is 11.7 Å². The molecule has 1 atom stereocenters. The van der Waals surface area contributed by atoms with E-state index in [1.54, 1.807) is 36.8 Å². The van der Waals surface area contributed by atoms with E-state index in [1.807, 2.05) is 41.1 Å². The van der Waals surface area contributed by atoms with E-state index in [4.69, 9.17) is 0 Å². The number of rotatable bonds is 9. The van der Waals surface area contributed by atoms with Gasteiger partial charge in [-0.25, -0.2) is 4.98 Å². The minimum absolute atomic E-state index is 0.0339. The van der Waals surface area contributed by atoms with Crippen LogP contribution in [0.25, 0.3) is 0 Å². The molecule has 0 aliphatic heterocycles. The lowest BCUT2D eigenvalue weighted by Crippen LogP contribution is -2.34. The molecule has 0 spiro atoms. The van der Waals surface area contributed by atoms with E-state index in [0.717, 1.165) is 18.5 Å². The number of ketones is 1. The SMILES string of the molecule is CC(=O)c1cccc(NC(=O)[C@@H](NCCCn2ccnc2)c2ccccc2)c1. The number of amides is 1. The maximum Gasteiger partial charge on any atom is 0.246 e. The Morgan fingerprint density at radius 2 is 1.93 bits per heavy atom. The fourth-order valence-corrected chi connectivity index (χ4v) is 2.96. The summed E-state index contributed by atoms with van der Waals surface area (Å²) in [6, 6.07) is 16.1. The third kappa shape index (κ3) is 5.37. The molecule has 6 heteroatoms. The molecule has 3 rings (SSSR count). The Morgan fingerprint density at radius 3 is 2.64 bits per heavy atom. The number of Topliss-reactive ketones (excluding diaryl/α,β-unsaturated/α-hetero) is 1. The Labute approximate surface area is 164 Å². The van der Waals surface area contributed by atoms with E-state index >= 15 is 0 Å². The lowest BCUT2D eigenvalue weighted by molar-refractivity contribution is -0.118. The summed E-state index contributed by atoms with van der Waals surface area (Å²) in [6.45, 7) is 3.02. The number of carbonyl (C=O) groups is 2. The molecule has 6 nitrogen and oxygen atoms in total. The number of imidazole rings is 1. The molecule has 3 aromatic rings. The highest BCUT2D eigenvalue weighted by Crippen LogP contribution is 2.17. The number of hydrogen-bond acceptors (Lipinski definition) is 4. The summed E-state index contributed by atoms with van der Waals surface area (Å²) < 4.78 is 2.01. The van der Waals surface area contributed by atoms with Crippen molar-refractivity contribution >= 4 is 17.4 Å². The van der Waals surface area contributed by atoms with Crippen LogP contribution in [0.4, 0.5) is 5.69 Å². The molecule has 0 saturated heterocycles. The van der Waals surface area contributed by atoms with Crippen LogP contribution in [-0.4, -0.2) is 27.8 Å². The van der Waals surface area contributed by atoms with Gasteiger partial charge in [-0.3, -0.25) is 9.59 Å². The van der Waals surface area contributed by atoms with Crippen molar-refractivity contribution in [3.8, 4) is 0 Å². The molecule has 1 aromatic heterocycles. The predicted molar refractivity (Wildman–Crippen MR) is 109 cm³/mol. The Kier molecular flexibility index (Phi) is 6.70. The molecule has 0 radical (unpaired) electrons. The fraction of sp³-hybridized carbons (Fsp3) is 0.227. The summed E-state index contributed by atoms with van der Waals surface area (Å²) in [5.41, 5.74) is 2.08. The van der Waals surface area contributed by atoms with Gasteiger partial charge < -0.3 is 15.2 Å². The second-order valence-corrected chi connectivity index (χ2v) is 6.58. The van der Waals surface area contributed by atoms with Gasteiger partial charge in [0.25, 0.3) is 0 Å². The van der Waals surface area contributed by atoms with Crippen LogP contribution in [0.15, 0.2) is 73.3 Å². The van der Waals surface area contributed by atoms with E-state index in [9.17, 15) is 9.59 Å². The normalized spacial score (nSPS) is 11.8. The first-order valence-corrected chi connectivity index (χ1v) is 9.29. The molecule has 1 heterocycles. The Balaban J connectivity index is 1.66. The number of benzene rings is 2. The second-order valence-electron chi connectivity index (χ2n) is 6.58. The lowest BCUT2D eigenvalue weighted by atomic mass is 10.1. The number of nitrogens with zero attached hydrogens (tertiary/aromatic N) is 2. The molecule has 28 heavy (non-hydrogen) atoms. The minimum Gasteiger partial charge on any atom is -0.337 e. The summed E-state index contributed by atoms with van der Waals surface area (Å²) >= 11 is 0. The van der Waals surface area contributed by atoms with Crippen LogP contribution >= 0.6 is 0 Å². The van der Waals surface area contributed by atoms with Gasteiger partial charge in [0.1, 0.15) is 6.04 Å². The van der Waals surface area contributed by atoms with Gasteiger partial charge in [-0.2, -0.15) is 0 Å². The predicted octanol–water partition coefficient (Wildman–Crippen LogP) is 3.45. The van der Waals surface area contributed by atoms with Crippen molar-refractivity contribution in [2.75, 3.05) is 11.9 Å². The van der Waals surface area contributed by atoms with E-state index in [2.05, 4.69) is 15.6 Å². The number of hydrogen-bond donors (Lipinski definition) is 2. The van der Waals surface area contributed by atoms with Gasteiger partial charge in [0.15, 0.2) is 5.78 Å². The summed E-state index contributed by atoms with van der Waals surface area (Å²) in [4.78, 5) is 28.6. The van der Waals surface area contributed by atoms with Crippen LogP contribution in [0.1, 0.15) is 35.3 Å². The molecule has 0 aliphatic carbocycles. The first-order chi connectivity index (χ1) is 13.6. The van der Waals surface area contributed by atoms with Crippen molar-refractivity contribution in [1.82, 2.24) is 14.9 Å². The number of nitrogens with one attached hydrogen (secondary N) is 2. The average molecular weight is 376 g/mol. The zero-order valence-corrected chi connectivity index (χ0v) is 15.8. The molecule has 2 N–H and O–H groups in total. The average Bonchev–Trinajstić information content (AvgIpc) is 3.22. The van der Waals surface area contributed by atoms with E-state index < -0.39 is 6.04 Å². The highest BCUT2D eigenvalue weighted by molar-refractivity contribution is 5.98. The first-order valence-electron chi connectivity index (χ1n) is 9.29. The highest BCUT2D eigenvalue weighted by atomic mass is 16.2. The summed E-state index contributed by atoms with van der Waals surface area (Å²) in [5.74, 6) is -0.192.